The third-order valence-electron chi connectivity index (χ3n) is 5.14. The van der Waals surface area contributed by atoms with Crippen LogP contribution in [-0.2, 0) is 10.3 Å². The van der Waals surface area contributed by atoms with E-state index < -0.39 is 12.2 Å². The molecule has 2 aliphatic rings. The second-order valence-electron chi connectivity index (χ2n) is 6.96. The van der Waals surface area contributed by atoms with E-state index >= 15 is 0 Å². The standard InChI is InChI=1S/C20H18BrF2N3O2.H2S/c1-26-17(27)20(25-19(26)24,12-3-2-4-14(21)9-12)13-7-8-16(28-18(22)23)15(10-13)11-5-6-11;/h2-4,7-11,18H,5-6H2,1H3,(H2,24,25);1H2/t20-;/m1./s1. The fraction of sp³-hybridized carbons (Fsp3) is 0.300. The average molecular weight is 484 g/mol. The predicted molar refractivity (Wildman–Crippen MR) is 115 cm³/mol. The van der Waals surface area contributed by atoms with Crippen LogP contribution in [0, 0.1) is 0 Å². The van der Waals surface area contributed by atoms with Crippen molar-refractivity contribution in [2.45, 2.75) is 30.9 Å². The topological polar surface area (TPSA) is 67.9 Å². The van der Waals surface area contributed by atoms with Crippen LogP contribution in [-0.4, -0.2) is 30.4 Å². The molecule has 4 rings (SSSR count). The highest BCUT2D eigenvalue weighted by Crippen LogP contribution is 2.48. The van der Waals surface area contributed by atoms with Crippen LogP contribution >= 0.6 is 29.4 Å². The van der Waals surface area contributed by atoms with Crippen molar-refractivity contribution in [1.82, 2.24) is 4.90 Å². The Morgan fingerprint density at radius 1 is 1.24 bits per heavy atom. The third-order valence-corrected chi connectivity index (χ3v) is 5.64. The number of guanidine groups is 1. The van der Waals surface area contributed by atoms with Gasteiger partial charge in [0.1, 0.15) is 5.75 Å². The Bertz CT molecular complexity index is 984. The molecule has 2 N–H and O–H groups in total. The summed E-state index contributed by atoms with van der Waals surface area (Å²) in [7, 11) is 1.57. The van der Waals surface area contributed by atoms with Crippen LogP contribution in [0.4, 0.5) is 8.78 Å². The number of halogens is 3. The molecule has 1 aliphatic heterocycles. The fourth-order valence-electron chi connectivity index (χ4n) is 3.59. The number of rotatable bonds is 5. The minimum atomic E-state index is -2.91. The Balaban J connectivity index is 0.00000240. The fourth-order valence-corrected chi connectivity index (χ4v) is 3.99. The smallest absolute Gasteiger partial charge is 0.387 e. The summed E-state index contributed by atoms with van der Waals surface area (Å²) in [6, 6.07) is 12.1. The van der Waals surface area contributed by atoms with E-state index in [9.17, 15) is 13.6 Å². The minimum Gasteiger partial charge on any atom is -0.435 e. The van der Waals surface area contributed by atoms with Gasteiger partial charge < -0.3 is 10.5 Å². The van der Waals surface area contributed by atoms with E-state index in [1.807, 2.05) is 18.2 Å². The second kappa shape index (κ2) is 7.95. The van der Waals surface area contributed by atoms with E-state index in [-0.39, 0.29) is 37.0 Å². The molecular weight excluding hydrogens is 464 g/mol. The van der Waals surface area contributed by atoms with Crippen LogP contribution in [0.1, 0.15) is 35.4 Å². The van der Waals surface area contributed by atoms with E-state index in [0.29, 0.717) is 16.7 Å². The summed E-state index contributed by atoms with van der Waals surface area (Å²) in [5, 5.41) is 0. The molecule has 0 aromatic heterocycles. The van der Waals surface area contributed by atoms with Crippen molar-refractivity contribution < 1.29 is 18.3 Å². The Labute approximate surface area is 182 Å². The highest BCUT2D eigenvalue weighted by atomic mass is 79.9. The number of carbonyl (C=O) groups excluding carboxylic acids is 1. The number of amides is 1. The van der Waals surface area contributed by atoms with Crippen molar-refractivity contribution in [2.24, 2.45) is 10.7 Å². The number of hydrogen-bond donors (Lipinski definition) is 1. The van der Waals surface area contributed by atoms with Crippen LogP contribution in [0.15, 0.2) is 51.9 Å². The Hall–Kier alpha value is -2.13. The third kappa shape index (κ3) is 3.73. The zero-order valence-electron chi connectivity index (χ0n) is 15.5. The van der Waals surface area contributed by atoms with Gasteiger partial charge in [0.25, 0.3) is 5.91 Å². The maximum absolute atomic E-state index is 13.3. The molecule has 0 radical (unpaired) electrons. The van der Waals surface area contributed by atoms with E-state index in [2.05, 4.69) is 20.9 Å². The van der Waals surface area contributed by atoms with Crippen molar-refractivity contribution >= 4 is 41.3 Å². The number of alkyl halides is 2. The lowest BCUT2D eigenvalue weighted by molar-refractivity contribution is -0.129. The first-order valence-corrected chi connectivity index (χ1v) is 9.61. The van der Waals surface area contributed by atoms with Crippen LogP contribution in [0.3, 0.4) is 0 Å². The zero-order chi connectivity index (χ0) is 20.1. The molecule has 1 heterocycles. The molecular formula is C20H20BrF2N3O2S. The van der Waals surface area contributed by atoms with Gasteiger partial charge in [0.05, 0.1) is 0 Å². The first-order chi connectivity index (χ1) is 13.3. The second-order valence-corrected chi connectivity index (χ2v) is 7.88. The highest BCUT2D eigenvalue weighted by Gasteiger charge is 2.50. The van der Waals surface area contributed by atoms with E-state index in [1.54, 1.807) is 25.2 Å². The number of aliphatic imine (C=N–C) groups is 1. The quantitative estimate of drug-likeness (QED) is 0.696. The average Bonchev–Trinajstić information content (AvgIpc) is 3.46. The van der Waals surface area contributed by atoms with Crippen molar-refractivity contribution in [3.63, 3.8) is 0 Å². The Morgan fingerprint density at radius 3 is 2.48 bits per heavy atom. The summed E-state index contributed by atoms with van der Waals surface area (Å²) in [6.45, 7) is -2.91. The van der Waals surface area contributed by atoms with E-state index in [0.717, 1.165) is 17.3 Å². The van der Waals surface area contributed by atoms with Crippen molar-refractivity contribution in [3.8, 4) is 5.75 Å². The molecule has 0 bridgehead atoms. The number of nitrogens with zero attached hydrogens (tertiary/aromatic N) is 2. The number of nitrogens with two attached hydrogens (primary N) is 1. The largest absolute Gasteiger partial charge is 0.435 e. The number of hydrogen-bond acceptors (Lipinski definition) is 4. The molecule has 0 saturated heterocycles. The number of benzene rings is 2. The SMILES string of the molecule is CN1C(=O)[C@@](c2cccc(Br)c2)(c2ccc(OC(F)F)c(C3CC3)c2)N=C1N.S. The minimum absolute atomic E-state index is 0. The molecule has 154 valence electrons. The van der Waals surface area contributed by atoms with Gasteiger partial charge in [-0.25, -0.2) is 4.99 Å². The van der Waals surface area contributed by atoms with Crippen LogP contribution in [0.5, 0.6) is 5.75 Å². The molecule has 9 heteroatoms. The van der Waals surface area contributed by atoms with Gasteiger partial charge >= 0.3 is 6.61 Å². The van der Waals surface area contributed by atoms with Crippen molar-refractivity contribution in [1.29, 1.82) is 0 Å². The molecule has 29 heavy (non-hydrogen) atoms. The molecule has 5 nitrogen and oxygen atoms in total. The monoisotopic (exact) mass is 483 g/mol. The van der Waals surface area contributed by atoms with Gasteiger partial charge in [-0.05, 0) is 59.7 Å². The van der Waals surface area contributed by atoms with Crippen molar-refractivity contribution in [3.05, 3.63) is 63.6 Å². The lowest BCUT2D eigenvalue weighted by atomic mass is 9.81. The van der Waals surface area contributed by atoms with Gasteiger partial charge in [-0.3, -0.25) is 9.69 Å². The number of likely N-dealkylation sites (N-methyl/N-ethyl adjacent to an activating group) is 1. The van der Waals surface area contributed by atoms with Crippen LogP contribution < -0.4 is 10.5 Å². The van der Waals surface area contributed by atoms with Crippen LogP contribution in [0.25, 0.3) is 0 Å². The predicted octanol–water partition coefficient (Wildman–Crippen LogP) is 4.07. The summed E-state index contributed by atoms with van der Waals surface area (Å²) in [5.41, 5.74) is 6.50. The molecule has 1 aliphatic carbocycles. The molecule has 1 amide bonds. The highest BCUT2D eigenvalue weighted by molar-refractivity contribution is 9.10. The van der Waals surface area contributed by atoms with Gasteiger partial charge in [0, 0.05) is 11.5 Å². The van der Waals surface area contributed by atoms with Gasteiger partial charge in [-0.2, -0.15) is 22.3 Å². The molecule has 1 atom stereocenters. The van der Waals surface area contributed by atoms with Crippen molar-refractivity contribution in [2.75, 3.05) is 7.05 Å². The number of carbonyl (C=O) groups is 1. The maximum atomic E-state index is 13.3. The lowest BCUT2D eigenvalue weighted by Gasteiger charge is -2.27. The zero-order valence-corrected chi connectivity index (χ0v) is 18.1. The van der Waals surface area contributed by atoms with Gasteiger partial charge in [0.2, 0.25) is 0 Å². The summed E-state index contributed by atoms with van der Waals surface area (Å²) >= 11 is 3.43. The first kappa shape index (κ1) is 21.6. The molecule has 0 unspecified atom stereocenters. The lowest BCUT2D eigenvalue weighted by Crippen LogP contribution is -2.41. The van der Waals surface area contributed by atoms with Crippen LogP contribution in [0.2, 0.25) is 0 Å². The molecule has 2 aromatic carbocycles. The Morgan fingerprint density at radius 2 is 1.93 bits per heavy atom. The van der Waals surface area contributed by atoms with E-state index in [1.165, 1.54) is 11.0 Å². The summed E-state index contributed by atoms with van der Waals surface area (Å²) in [4.78, 5) is 19.1. The molecule has 1 fully saturated rings. The molecule has 2 aromatic rings. The summed E-state index contributed by atoms with van der Waals surface area (Å²) < 4.78 is 31.1. The number of ether oxygens (including phenoxy) is 1. The summed E-state index contributed by atoms with van der Waals surface area (Å²) in [6.07, 6.45) is 1.79. The molecule has 0 spiro atoms. The Kier molecular flexibility index (Phi) is 5.91. The van der Waals surface area contributed by atoms with E-state index in [4.69, 9.17) is 10.5 Å². The van der Waals surface area contributed by atoms with Gasteiger partial charge in [0.15, 0.2) is 11.5 Å². The molecule has 1 saturated carbocycles. The summed E-state index contributed by atoms with van der Waals surface area (Å²) in [5.74, 6) is 0.0865. The van der Waals surface area contributed by atoms with Gasteiger partial charge in [-0.15, -0.1) is 0 Å². The van der Waals surface area contributed by atoms with Gasteiger partial charge in [-0.1, -0.05) is 34.1 Å². The first-order valence-electron chi connectivity index (χ1n) is 8.81. The maximum Gasteiger partial charge on any atom is 0.387 e. The normalized spacial score (nSPS) is 21.2.